The number of nitrogens with one attached hydrogen (secondary N) is 1. The van der Waals surface area contributed by atoms with Crippen LogP contribution < -0.4 is 11.1 Å². The predicted octanol–water partition coefficient (Wildman–Crippen LogP) is 2.60. The van der Waals surface area contributed by atoms with Crippen LogP contribution in [0.15, 0.2) is 41.5 Å². The van der Waals surface area contributed by atoms with E-state index in [0.29, 0.717) is 28.8 Å². The lowest BCUT2D eigenvalue weighted by Crippen LogP contribution is -2.38. The molecule has 0 spiro atoms. The Kier molecular flexibility index (Phi) is 4.75. The number of thioether (sulfide) groups is 1. The molecule has 1 aromatic carbocycles. The number of nitrogens with zero attached hydrogens (tertiary/aromatic N) is 3. The molecule has 4 rings (SSSR count). The SMILES string of the molecule is N#Cc1ccc(C(=O)Nc2ccc(F)c([C@@]34N=C(N)SCC3CCO4)c2)nc1. The third-order valence-corrected chi connectivity index (χ3v) is 5.74. The molecule has 0 aliphatic carbocycles. The van der Waals surface area contributed by atoms with Crippen LogP contribution >= 0.6 is 11.8 Å². The molecule has 2 aliphatic heterocycles. The standard InChI is InChI=1S/C19H16FN5O2S/c20-15-3-2-13(24-17(26)16-4-1-11(8-21)9-23-16)7-14(15)19-12(5-6-27-19)10-28-18(22)25-19/h1-4,7,9,12H,5-6,10H2,(H2,22,25)(H,24,26)/t12?,19-/m1/s1. The normalized spacial score (nSPS) is 23.4. The first-order chi connectivity index (χ1) is 13.5. The number of halogens is 1. The zero-order chi connectivity index (χ0) is 19.7. The molecule has 3 N–H and O–H groups in total. The van der Waals surface area contributed by atoms with E-state index in [2.05, 4.69) is 15.3 Å². The third-order valence-electron chi connectivity index (χ3n) is 4.79. The number of benzene rings is 1. The van der Waals surface area contributed by atoms with Gasteiger partial charge in [-0.15, -0.1) is 0 Å². The molecule has 2 aliphatic rings. The molecule has 3 heterocycles. The summed E-state index contributed by atoms with van der Waals surface area (Å²) in [6, 6.07) is 9.17. The molecule has 0 saturated carbocycles. The van der Waals surface area contributed by atoms with Crippen molar-refractivity contribution in [2.75, 3.05) is 17.7 Å². The molecule has 1 amide bonds. The minimum absolute atomic E-state index is 0.00504. The summed E-state index contributed by atoms with van der Waals surface area (Å²) in [6.45, 7) is 0.465. The van der Waals surface area contributed by atoms with Crippen molar-refractivity contribution in [2.45, 2.75) is 12.1 Å². The number of rotatable bonds is 3. The van der Waals surface area contributed by atoms with E-state index in [1.807, 2.05) is 6.07 Å². The van der Waals surface area contributed by atoms with Gasteiger partial charge in [-0.2, -0.15) is 5.26 Å². The Morgan fingerprint density at radius 1 is 1.43 bits per heavy atom. The van der Waals surface area contributed by atoms with E-state index < -0.39 is 17.4 Å². The molecule has 0 radical (unpaired) electrons. The average Bonchev–Trinajstić information content (AvgIpc) is 3.13. The largest absolute Gasteiger partial charge is 0.378 e. The monoisotopic (exact) mass is 397 g/mol. The van der Waals surface area contributed by atoms with E-state index in [0.717, 1.165) is 6.42 Å². The van der Waals surface area contributed by atoms with Crippen molar-refractivity contribution in [3.63, 3.8) is 0 Å². The lowest BCUT2D eigenvalue weighted by Gasteiger charge is -2.34. The minimum Gasteiger partial charge on any atom is -0.378 e. The Morgan fingerprint density at radius 2 is 2.29 bits per heavy atom. The van der Waals surface area contributed by atoms with Gasteiger partial charge in [0, 0.05) is 29.1 Å². The molecular weight excluding hydrogens is 381 g/mol. The van der Waals surface area contributed by atoms with E-state index in [1.165, 1.54) is 48.3 Å². The van der Waals surface area contributed by atoms with Crippen molar-refractivity contribution >= 4 is 28.5 Å². The number of nitriles is 1. The van der Waals surface area contributed by atoms with Gasteiger partial charge in [0.05, 0.1) is 12.2 Å². The molecule has 0 bridgehead atoms. The quantitative estimate of drug-likeness (QED) is 0.823. The van der Waals surface area contributed by atoms with Gasteiger partial charge in [0.25, 0.3) is 5.91 Å². The number of carbonyl (C=O) groups excluding carboxylic acids is 1. The number of nitrogens with two attached hydrogens (primary N) is 1. The van der Waals surface area contributed by atoms with Gasteiger partial charge in [-0.05, 0) is 36.8 Å². The summed E-state index contributed by atoms with van der Waals surface area (Å²) in [5.41, 5.74) is 5.88. The molecule has 2 aromatic rings. The maximum Gasteiger partial charge on any atom is 0.274 e. The van der Waals surface area contributed by atoms with E-state index in [-0.39, 0.29) is 17.2 Å². The van der Waals surface area contributed by atoms with Crippen molar-refractivity contribution < 1.29 is 13.9 Å². The third kappa shape index (κ3) is 3.21. The van der Waals surface area contributed by atoms with Crippen molar-refractivity contribution in [1.82, 2.24) is 4.98 Å². The van der Waals surface area contributed by atoms with Crippen LogP contribution in [0, 0.1) is 23.1 Å². The van der Waals surface area contributed by atoms with Crippen molar-refractivity contribution in [3.05, 3.63) is 59.2 Å². The van der Waals surface area contributed by atoms with Crippen LogP contribution in [-0.2, 0) is 10.5 Å². The molecule has 1 unspecified atom stereocenters. The minimum atomic E-state index is -1.16. The molecule has 1 saturated heterocycles. The number of aliphatic imine (C=N–C) groups is 1. The fraction of sp³-hybridized carbons (Fsp3) is 0.263. The topological polar surface area (TPSA) is 113 Å². The highest BCUT2D eigenvalue weighted by Gasteiger charge is 2.49. The summed E-state index contributed by atoms with van der Waals surface area (Å²) >= 11 is 1.43. The molecule has 28 heavy (non-hydrogen) atoms. The number of amidine groups is 1. The Labute approximate surface area is 164 Å². The summed E-state index contributed by atoms with van der Waals surface area (Å²) in [6.07, 6.45) is 2.08. The zero-order valence-corrected chi connectivity index (χ0v) is 15.5. The number of ether oxygens (including phenoxy) is 1. The van der Waals surface area contributed by atoms with Gasteiger partial charge in [0.2, 0.25) is 0 Å². The van der Waals surface area contributed by atoms with Gasteiger partial charge >= 0.3 is 0 Å². The molecule has 9 heteroatoms. The second-order valence-corrected chi connectivity index (χ2v) is 7.52. The number of amides is 1. The molecule has 2 atom stereocenters. The fourth-order valence-electron chi connectivity index (χ4n) is 3.40. The van der Waals surface area contributed by atoms with Crippen LogP contribution in [-0.4, -0.2) is 28.4 Å². The summed E-state index contributed by atoms with van der Waals surface area (Å²) < 4.78 is 20.6. The number of hydrogen-bond donors (Lipinski definition) is 2. The second-order valence-electron chi connectivity index (χ2n) is 6.48. The molecule has 1 fully saturated rings. The first-order valence-electron chi connectivity index (χ1n) is 8.61. The first kappa shape index (κ1) is 18.4. The van der Waals surface area contributed by atoms with Gasteiger partial charge in [-0.3, -0.25) is 4.79 Å². The maximum absolute atomic E-state index is 14.7. The van der Waals surface area contributed by atoms with Gasteiger partial charge in [-0.1, -0.05) is 11.8 Å². The van der Waals surface area contributed by atoms with Gasteiger partial charge < -0.3 is 15.8 Å². The van der Waals surface area contributed by atoms with Gasteiger partial charge in [0.1, 0.15) is 17.6 Å². The van der Waals surface area contributed by atoms with Crippen LogP contribution in [0.4, 0.5) is 10.1 Å². The van der Waals surface area contributed by atoms with Crippen LogP contribution in [0.25, 0.3) is 0 Å². The first-order valence-corrected chi connectivity index (χ1v) is 9.60. The highest BCUT2D eigenvalue weighted by molar-refractivity contribution is 8.13. The smallest absolute Gasteiger partial charge is 0.274 e. The molecule has 142 valence electrons. The number of aromatic nitrogens is 1. The Morgan fingerprint density at radius 3 is 3.04 bits per heavy atom. The van der Waals surface area contributed by atoms with Crippen LogP contribution in [0.3, 0.4) is 0 Å². The number of pyridine rings is 1. The molecule has 1 aromatic heterocycles. The van der Waals surface area contributed by atoms with E-state index in [4.69, 9.17) is 15.7 Å². The van der Waals surface area contributed by atoms with E-state index in [1.54, 1.807) is 0 Å². The van der Waals surface area contributed by atoms with Crippen molar-refractivity contribution in [1.29, 1.82) is 5.26 Å². The van der Waals surface area contributed by atoms with Crippen LogP contribution in [0.5, 0.6) is 0 Å². The lowest BCUT2D eigenvalue weighted by molar-refractivity contribution is -0.0170. The second kappa shape index (κ2) is 7.22. The highest BCUT2D eigenvalue weighted by atomic mass is 32.2. The summed E-state index contributed by atoms with van der Waals surface area (Å²) in [5.74, 6) is -0.235. The van der Waals surface area contributed by atoms with E-state index >= 15 is 0 Å². The van der Waals surface area contributed by atoms with Crippen LogP contribution in [0.2, 0.25) is 0 Å². The fourth-order valence-corrected chi connectivity index (χ4v) is 4.36. The summed E-state index contributed by atoms with van der Waals surface area (Å²) in [4.78, 5) is 20.8. The number of carbonyl (C=O) groups is 1. The maximum atomic E-state index is 14.7. The Balaban J connectivity index is 1.65. The zero-order valence-electron chi connectivity index (χ0n) is 14.7. The summed E-state index contributed by atoms with van der Waals surface area (Å²) in [5, 5.41) is 11.9. The van der Waals surface area contributed by atoms with Crippen LogP contribution in [0.1, 0.15) is 28.0 Å². The lowest BCUT2D eigenvalue weighted by atomic mass is 9.89. The van der Waals surface area contributed by atoms with E-state index in [9.17, 15) is 9.18 Å². The van der Waals surface area contributed by atoms with Gasteiger partial charge in [0.15, 0.2) is 10.9 Å². The van der Waals surface area contributed by atoms with Gasteiger partial charge in [-0.25, -0.2) is 14.4 Å². The van der Waals surface area contributed by atoms with Crippen molar-refractivity contribution in [3.8, 4) is 6.07 Å². The van der Waals surface area contributed by atoms with Crippen molar-refractivity contribution in [2.24, 2.45) is 16.6 Å². The molecule has 7 nitrogen and oxygen atoms in total. The summed E-state index contributed by atoms with van der Waals surface area (Å²) in [7, 11) is 0. The number of anilines is 1. The highest BCUT2D eigenvalue weighted by Crippen LogP contribution is 2.48. The molecular formula is C19H16FN5O2S. The number of hydrogen-bond acceptors (Lipinski definition) is 7. The predicted molar refractivity (Wildman–Crippen MR) is 103 cm³/mol. The average molecular weight is 397 g/mol. The Bertz CT molecular complexity index is 1000. The Hall–Kier alpha value is -2.96. The number of fused-ring (bicyclic) bond motifs is 1.